The van der Waals surface area contributed by atoms with Crippen molar-refractivity contribution in [1.82, 2.24) is 0 Å². The van der Waals surface area contributed by atoms with Gasteiger partial charge in [-0.1, -0.05) is 0 Å². The van der Waals surface area contributed by atoms with Crippen molar-refractivity contribution in [3.05, 3.63) is 0 Å². The third kappa shape index (κ3) is 3.72. The predicted molar refractivity (Wildman–Crippen MR) is 63.1 cm³/mol. The zero-order valence-corrected chi connectivity index (χ0v) is 15.0. The highest BCUT2D eigenvalue weighted by molar-refractivity contribution is 5.77. The van der Waals surface area contributed by atoms with E-state index in [1.807, 2.05) is 0 Å². The number of carboxylic acids is 1. The predicted octanol–water partition coefficient (Wildman–Crippen LogP) is 6.39. The van der Waals surface area contributed by atoms with Gasteiger partial charge in [-0.15, -0.1) is 0 Å². The van der Waals surface area contributed by atoms with E-state index in [4.69, 9.17) is 5.11 Å². The van der Waals surface area contributed by atoms with E-state index in [0.29, 0.717) is 0 Å². The Morgan fingerprint density at radius 2 is 0.629 bits per heavy atom. The van der Waals surface area contributed by atoms with Crippen LogP contribution in [0.2, 0.25) is 0 Å². The van der Waals surface area contributed by atoms with Crippen molar-refractivity contribution in [1.29, 1.82) is 0 Å². The van der Waals surface area contributed by atoms with Gasteiger partial charge in [0.1, 0.15) is 0 Å². The number of aliphatic carboxylic acids is 1. The van der Waals surface area contributed by atoms with E-state index >= 15 is 0 Å². The maximum absolute atomic E-state index is 13.4. The fraction of sp³-hybridized carbons (Fsp3) is 0.917. The Balaban J connectivity index is 7.14. The van der Waals surface area contributed by atoms with Crippen molar-refractivity contribution in [3.63, 3.8) is 0 Å². The monoisotopic (exact) mass is 578 g/mol. The molecule has 0 unspecified atom stereocenters. The molecule has 0 aromatic heterocycles. The summed E-state index contributed by atoms with van der Waals surface area (Å²) in [6, 6.07) is 0. The van der Waals surface area contributed by atoms with Gasteiger partial charge in [0.05, 0.1) is 0 Å². The molecule has 0 atom stereocenters. The average Bonchev–Trinajstić information content (AvgIpc) is 2.66. The fourth-order valence-corrected chi connectivity index (χ4v) is 1.83. The molecule has 0 amide bonds. The van der Waals surface area contributed by atoms with Crippen LogP contribution in [0.1, 0.15) is 0 Å². The van der Waals surface area contributed by atoms with Crippen molar-refractivity contribution >= 4 is 5.97 Å². The molecule has 0 spiro atoms. The first-order chi connectivity index (χ1) is 14.8. The quantitative estimate of drug-likeness (QED) is 0.289. The Kier molecular flexibility index (Phi) is 7.54. The second kappa shape index (κ2) is 8.00. The molecule has 210 valence electrons. The van der Waals surface area contributed by atoms with Gasteiger partial charge < -0.3 is 5.11 Å². The van der Waals surface area contributed by atoms with E-state index in [0.717, 1.165) is 0 Å². The topological polar surface area (TPSA) is 37.3 Å². The van der Waals surface area contributed by atoms with Gasteiger partial charge in [-0.3, -0.25) is 0 Å². The minimum absolute atomic E-state index is 4.14. The van der Waals surface area contributed by atoms with Gasteiger partial charge in [-0.05, 0) is 0 Å². The van der Waals surface area contributed by atoms with E-state index in [1.165, 1.54) is 0 Å². The van der Waals surface area contributed by atoms with Crippen molar-refractivity contribution in [2.75, 3.05) is 6.67 Å². The van der Waals surface area contributed by atoms with Gasteiger partial charge in [-0.25, -0.2) is 9.18 Å². The van der Waals surface area contributed by atoms with E-state index in [9.17, 15) is 97.0 Å². The standard InChI is InChI=1S/C12H3F21O2/c13-1-3(14,15)5(18,19)7(22,23)9(26,27)11(30,31)12(32,33)10(28,29)8(24,25)6(20,21)4(16,17)2(34)35/h1H2,(H,34,35). The molecule has 0 bridgehead atoms. The Labute approximate surface area is 175 Å². The molecule has 0 rings (SSSR count). The lowest BCUT2D eigenvalue weighted by atomic mass is 9.85. The number of rotatable bonds is 11. The minimum Gasteiger partial charge on any atom is -0.477 e. The normalized spacial score (nSPS) is 16.5. The minimum atomic E-state index is -9.25. The van der Waals surface area contributed by atoms with E-state index in [-0.39, 0.29) is 0 Å². The molecule has 0 saturated heterocycles. The maximum Gasteiger partial charge on any atom is 0.410 e. The summed E-state index contributed by atoms with van der Waals surface area (Å²) in [5.74, 6) is -90.4. The molecule has 0 aromatic rings. The highest BCUT2D eigenvalue weighted by Gasteiger charge is 2.98. The molecule has 0 saturated carbocycles. The Bertz CT molecular complexity index is 811. The highest BCUT2D eigenvalue weighted by atomic mass is 19.4. The van der Waals surface area contributed by atoms with E-state index < -0.39 is 71.9 Å². The van der Waals surface area contributed by atoms with Crippen LogP contribution in [-0.4, -0.2) is 77.0 Å². The van der Waals surface area contributed by atoms with Crippen molar-refractivity contribution in [3.8, 4) is 0 Å². The van der Waals surface area contributed by atoms with Crippen LogP contribution in [0.25, 0.3) is 0 Å². The van der Waals surface area contributed by atoms with Gasteiger partial charge in [0.2, 0.25) is 0 Å². The largest absolute Gasteiger partial charge is 0.477 e. The molecule has 23 heteroatoms. The Morgan fingerprint density at radius 3 is 0.829 bits per heavy atom. The second-order valence-electron chi connectivity index (χ2n) is 6.31. The maximum atomic E-state index is 13.4. The summed E-state index contributed by atoms with van der Waals surface area (Å²) in [6.45, 7) is -4.14. The molecule has 35 heavy (non-hydrogen) atoms. The van der Waals surface area contributed by atoms with E-state index in [1.54, 1.807) is 0 Å². The number of carboxylic acid groups (broad SMARTS) is 1. The molecule has 0 aliphatic heterocycles. The molecule has 0 aliphatic carbocycles. The first kappa shape index (κ1) is 33.0. The summed E-state index contributed by atoms with van der Waals surface area (Å²) in [6.07, 6.45) is 0. The summed E-state index contributed by atoms with van der Waals surface area (Å²) in [5, 5.41) is 7.65. The van der Waals surface area contributed by atoms with Gasteiger partial charge in [-0.2, -0.15) is 87.8 Å². The van der Waals surface area contributed by atoms with Gasteiger partial charge >= 0.3 is 65.2 Å². The number of hydrogen-bond acceptors (Lipinski definition) is 1. The Hall–Kier alpha value is -2.00. The smallest absolute Gasteiger partial charge is 0.410 e. The van der Waals surface area contributed by atoms with Gasteiger partial charge in [0.25, 0.3) is 0 Å². The molecular formula is C12H3F21O2. The van der Waals surface area contributed by atoms with Crippen molar-refractivity contribution < 1.29 is 102 Å². The van der Waals surface area contributed by atoms with Crippen LogP contribution >= 0.6 is 0 Å². The molecule has 0 fully saturated rings. The molecule has 1 N–H and O–H groups in total. The summed E-state index contributed by atoms with van der Waals surface area (Å²) in [5.41, 5.74) is 0. The lowest BCUT2D eigenvalue weighted by Gasteiger charge is -2.44. The number of halogens is 21. The third-order valence-electron chi connectivity index (χ3n) is 4.05. The van der Waals surface area contributed by atoms with Crippen LogP contribution < -0.4 is 0 Å². The number of carbonyl (C=O) groups is 1. The van der Waals surface area contributed by atoms with Crippen LogP contribution in [0.4, 0.5) is 92.2 Å². The molecule has 0 aromatic carbocycles. The Morgan fingerprint density at radius 1 is 0.429 bits per heavy atom. The lowest BCUT2D eigenvalue weighted by molar-refractivity contribution is -0.467. The summed E-state index contributed by atoms with van der Waals surface area (Å²) in [7, 11) is 0. The zero-order valence-electron chi connectivity index (χ0n) is 15.0. The number of hydrogen-bond donors (Lipinski definition) is 1. The summed E-state index contributed by atoms with van der Waals surface area (Å²) >= 11 is 0. The van der Waals surface area contributed by atoms with Gasteiger partial charge in [0.15, 0.2) is 6.67 Å². The molecule has 0 aliphatic rings. The van der Waals surface area contributed by atoms with Crippen LogP contribution in [0.15, 0.2) is 0 Å². The molecule has 0 radical (unpaired) electrons. The van der Waals surface area contributed by atoms with Crippen molar-refractivity contribution in [2.45, 2.75) is 59.2 Å². The highest BCUT2D eigenvalue weighted by Crippen LogP contribution is 2.66. The second-order valence-corrected chi connectivity index (χ2v) is 6.31. The summed E-state index contributed by atoms with van der Waals surface area (Å²) in [4.78, 5) is 9.86. The van der Waals surface area contributed by atoms with Crippen LogP contribution in [0.3, 0.4) is 0 Å². The fourth-order valence-electron chi connectivity index (χ4n) is 1.83. The summed E-state index contributed by atoms with van der Waals surface area (Å²) < 4.78 is 274. The lowest BCUT2D eigenvalue weighted by Crippen LogP contribution is -2.77. The van der Waals surface area contributed by atoms with E-state index in [2.05, 4.69) is 0 Å². The first-order valence-corrected chi connectivity index (χ1v) is 7.33. The SMILES string of the molecule is O=C(O)C(F)(F)C(F)(F)C(F)(F)C(F)(F)C(F)(F)C(F)(F)C(F)(F)C(F)(F)C(F)(F)C(F)(F)CF. The van der Waals surface area contributed by atoms with Gasteiger partial charge in [0, 0.05) is 0 Å². The molecule has 0 heterocycles. The van der Waals surface area contributed by atoms with Crippen LogP contribution in [0.5, 0.6) is 0 Å². The first-order valence-electron chi connectivity index (χ1n) is 7.33. The molecule has 2 nitrogen and oxygen atoms in total. The molecular weight excluding hydrogens is 575 g/mol. The number of alkyl halides is 21. The van der Waals surface area contributed by atoms with Crippen LogP contribution in [0, 0.1) is 0 Å². The van der Waals surface area contributed by atoms with Crippen molar-refractivity contribution in [2.24, 2.45) is 0 Å². The average molecular weight is 578 g/mol. The third-order valence-corrected chi connectivity index (χ3v) is 4.05. The zero-order chi connectivity index (χ0) is 29.3. The van der Waals surface area contributed by atoms with Crippen LogP contribution in [-0.2, 0) is 4.79 Å².